The Hall–Kier alpha value is -4.83. The molecule has 5 rings (SSSR count). The summed E-state index contributed by atoms with van der Waals surface area (Å²) in [5, 5.41) is 15.1. The average molecular weight is 612 g/mol. The number of pyridine rings is 1. The van der Waals surface area contributed by atoms with Crippen molar-refractivity contribution in [3.63, 3.8) is 0 Å². The van der Waals surface area contributed by atoms with Gasteiger partial charge >= 0.3 is 5.97 Å². The number of para-hydroxylation sites is 1. The van der Waals surface area contributed by atoms with E-state index in [0.29, 0.717) is 22.8 Å². The lowest BCUT2D eigenvalue weighted by atomic mass is 9.92. The van der Waals surface area contributed by atoms with Crippen LogP contribution in [-0.2, 0) is 11.2 Å². The summed E-state index contributed by atoms with van der Waals surface area (Å²) >= 11 is 1.65. The average Bonchev–Trinajstić information content (AvgIpc) is 3.04. The molecule has 0 saturated heterocycles. The Bertz CT molecular complexity index is 1590. The molecule has 3 aromatic carbocycles. The number of benzene rings is 3. The lowest BCUT2D eigenvalue weighted by Gasteiger charge is -2.29. The zero-order valence-corrected chi connectivity index (χ0v) is 25.0. The monoisotopic (exact) mass is 611 g/mol. The maximum absolute atomic E-state index is 12.6. The number of carboxylic acids is 1. The molecule has 0 unspecified atom stereocenters. The number of nitrogens with one attached hydrogen (secondary N) is 2. The largest absolute Gasteiger partial charge is 0.490 e. The summed E-state index contributed by atoms with van der Waals surface area (Å²) in [6.07, 6.45) is 7.11. The Morgan fingerprint density at radius 3 is 2.25 bits per heavy atom. The quantitative estimate of drug-likeness (QED) is 0.162. The summed E-state index contributed by atoms with van der Waals surface area (Å²) in [7, 11) is 0. The molecule has 1 aliphatic carbocycles. The number of nitrogens with zero attached hydrogens (tertiary/aromatic N) is 1. The van der Waals surface area contributed by atoms with E-state index < -0.39 is 5.97 Å². The molecule has 1 heterocycles. The van der Waals surface area contributed by atoms with Gasteiger partial charge in [0.1, 0.15) is 11.5 Å². The summed E-state index contributed by atoms with van der Waals surface area (Å²) in [5.41, 5.74) is 1.61. The van der Waals surface area contributed by atoms with Crippen molar-refractivity contribution < 1.29 is 29.0 Å². The van der Waals surface area contributed by atoms with Crippen molar-refractivity contribution in [2.75, 3.05) is 11.6 Å². The van der Waals surface area contributed by atoms with E-state index in [9.17, 15) is 19.5 Å². The number of carboxylic acid groups (broad SMARTS) is 1. The van der Waals surface area contributed by atoms with Crippen molar-refractivity contribution in [3.05, 3.63) is 108 Å². The summed E-state index contributed by atoms with van der Waals surface area (Å²) in [4.78, 5) is 41.8. The van der Waals surface area contributed by atoms with Crippen LogP contribution < -0.4 is 20.1 Å². The molecule has 226 valence electrons. The molecule has 0 atom stereocenters. The normalized spacial score (nSPS) is 16.0. The molecule has 0 aliphatic heterocycles. The minimum absolute atomic E-state index is 0.0286. The second-order valence-corrected chi connectivity index (χ2v) is 11.3. The number of amides is 2. The summed E-state index contributed by atoms with van der Waals surface area (Å²) in [6.45, 7) is 0. The van der Waals surface area contributed by atoms with Gasteiger partial charge in [0.2, 0.25) is 11.8 Å². The van der Waals surface area contributed by atoms with Gasteiger partial charge in [0, 0.05) is 28.8 Å². The Morgan fingerprint density at radius 1 is 0.886 bits per heavy atom. The van der Waals surface area contributed by atoms with E-state index in [0.717, 1.165) is 36.3 Å². The molecule has 10 heteroatoms. The van der Waals surface area contributed by atoms with Crippen LogP contribution in [0.25, 0.3) is 0 Å². The van der Waals surface area contributed by atoms with Crippen LogP contribution in [0.2, 0.25) is 0 Å². The van der Waals surface area contributed by atoms with Gasteiger partial charge in [0.15, 0.2) is 0 Å². The third-order valence-corrected chi connectivity index (χ3v) is 8.05. The van der Waals surface area contributed by atoms with Crippen molar-refractivity contribution in [2.45, 2.75) is 49.1 Å². The fourth-order valence-corrected chi connectivity index (χ4v) is 5.38. The van der Waals surface area contributed by atoms with E-state index in [1.165, 1.54) is 6.07 Å². The first-order valence-electron chi connectivity index (χ1n) is 14.3. The van der Waals surface area contributed by atoms with Crippen LogP contribution in [-0.4, -0.2) is 46.3 Å². The molecular weight excluding hydrogens is 578 g/mol. The summed E-state index contributed by atoms with van der Waals surface area (Å²) < 4.78 is 12.0. The van der Waals surface area contributed by atoms with Crippen LogP contribution in [0.1, 0.15) is 52.0 Å². The van der Waals surface area contributed by atoms with Crippen molar-refractivity contribution in [2.24, 2.45) is 0 Å². The van der Waals surface area contributed by atoms with Gasteiger partial charge in [-0.15, -0.1) is 11.8 Å². The molecule has 0 bridgehead atoms. The highest BCUT2D eigenvalue weighted by atomic mass is 32.2. The van der Waals surface area contributed by atoms with Gasteiger partial charge in [0.25, 0.3) is 5.91 Å². The van der Waals surface area contributed by atoms with Crippen LogP contribution in [0.4, 0.5) is 5.69 Å². The number of hydrogen-bond donors (Lipinski definition) is 3. The predicted molar refractivity (Wildman–Crippen MR) is 169 cm³/mol. The number of ether oxygens (including phenoxy) is 2. The zero-order valence-electron chi connectivity index (χ0n) is 24.2. The van der Waals surface area contributed by atoms with Gasteiger partial charge in [-0.1, -0.05) is 18.2 Å². The Kier molecular flexibility index (Phi) is 10.1. The SMILES string of the molecule is CSc1ccc(C(=O)NC2CCC(Oc3ccc(Oc4ccc(CC(=O)Nc5ccccc5C(=O)O)cn4)cc3)CC2)cc1. The number of carbonyl (C=O) groups excluding carboxylic acids is 2. The third kappa shape index (κ3) is 8.38. The maximum atomic E-state index is 12.6. The van der Waals surface area contributed by atoms with Gasteiger partial charge in [-0.05, 0) is 98.2 Å². The minimum atomic E-state index is -1.11. The van der Waals surface area contributed by atoms with E-state index in [1.807, 2.05) is 54.8 Å². The molecule has 1 aliphatic rings. The second kappa shape index (κ2) is 14.6. The maximum Gasteiger partial charge on any atom is 0.337 e. The van der Waals surface area contributed by atoms with E-state index >= 15 is 0 Å². The first kappa shape index (κ1) is 30.6. The number of hydrogen-bond acceptors (Lipinski definition) is 7. The lowest BCUT2D eigenvalue weighted by Crippen LogP contribution is -2.39. The molecule has 4 aromatic rings. The van der Waals surface area contributed by atoms with Crippen molar-refractivity contribution >= 4 is 35.2 Å². The van der Waals surface area contributed by atoms with Gasteiger partial charge in [-0.3, -0.25) is 9.59 Å². The van der Waals surface area contributed by atoms with Crippen molar-refractivity contribution in [1.82, 2.24) is 10.3 Å². The van der Waals surface area contributed by atoms with E-state index in [1.54, 1.807) is 48.3 Å². The fraction of sp³-hybridized carbons (Fsp3) is 0.235. The van der Waals surface area contributed by atoms with Crippen molar-refractivity contribution in [1.29, 1.82) is 0 Å². The summed E-state index contributed by atoms with van der Waals surface area (Å²) in [6, 6.07) is 24.8. The predicted octanol–water partition coefficient (Wildman–Crippen LogP) is 6.60. The van der Waals surface area contributed by atoms with Crippen molar-refractivity contribution in [3.8, 4) is 17.4 Å². The molecule has 1 fully saturated rings. The van der Waals surface area contributed by atoms with Crippen LogP contribution >= 0.6 is 11.8 Å². The highest BCUT2D eigenvalue weighted by molar-refractivity contribution is 7.98. The smallest absolute Gasteiger partial charge is 0.337 e. The molecule has 9 nitrogen and oxygen atoms in total. The lowest BCUT2D eigenvalue weighted by molar-refractivity contribution is -0.115. The topological polar surface area (TPSA) is 127 Å². The zero-order chi connectivity index (χ0) is 30.9. The minimum Gasteiger partial charge on any atom is -0.490 e. The summed E-state index contributed by atoms with van der Waals surface area (Å²) in [5.74, 6) is 0.225. The van der Waals surface area contributed by atoms with Gasteiger partial charge in [0.05, 0.1) is 23.8 Å². The van der Waals surface area contributed by atoms with Gasteiger partial charge < -0.3 is 25.2 Å². The second-order valence-electron chi connectivity index (χ2n) is 10.4. The molecule has 0 spiro atoms. The molecule has 1 aromatic heterocycles. The Balaban J connectivity index is 1.05. The number of aromatic carboxylic acids is 1. The molecule has 1 saturated carbocycles. The molecule has 44 heavy (non-hydrogen) atoms. The fourth-order valence-electron chi connectivity index (χ4n) is 4.97. The number of rotatable bonds is 11. The van der Waals surface area contributed by atoms with E-state index in [2.05, 4.69) is 15.6 Å². The molecule has 2 amide bonds. The van der Waals surface area contributed by atoms with E-state index in [-0.39, 0.29) is 41.6 Å². The van der Waals surface area contributed by atoms with Crippen LogP contribution in [0, 0.1) is 0 Å². The number of aromatic nitrogens is 1. The number of anilines is 1. The first-order valence-corrected chi connectivity index (χ1v) is 15.6. The highest BCUT2D eigenvalue weighted by Crippen LogP contribution is 2.27. The van der Waals surface area contributed by atoms with Crippen LogP contribution in [0.15, 0.2) is 96.0 Å². The third-order valence-electron chi connectivity index (χ3n) is 7.30. The highest BCUT2D eigenvalue weighted by Gasteiger charge is 2.24. The van der Waals surface area contributed by atoms with Crippen LogP contribution in [0.3, 0.4) is 0 Å². The number of thioether (sulfide) groups is 1. The van der Waals surface area contributed by atoms with E-state index in [4.69, 9.17) is 9.47 Å². The molecule has 0 radical (unpaired) electrons. The molecule has 3 N–H and O–H groups in total. The Morgan fingerprint density at radius 2 is 1.59 bits per heavy atom. The van der Waals surface area contributed by atoms with Gasteiger partial charge in [-0.25, -0.2) is 9.78 Å². The number of carbonyl (C=O) groups is 3. The first-order chi connectivity index (χ1) is 21.4. The Labute approximate surface area is 260 Å². The standard InChI is InChI=1S/C34H33N3O6S/c1-44-28-17-7-23(8-18-28)33(39)36-24-9-11-25(12-10-24)42-26-13-15-27(16-14-26)43-32-19-6-22(21-35-32)20-31(38)37-30-5-3-2-4-29(30)34(40)41/h2-8,13-19,21,24-25H,9-12,20H2,1H3,(H,36,39)(H,37,38)(H,40,41). The molecular formula is C34H33N3O6S. The van der Waals surface area contributed by atoms with Crippen LogP contribution in [0.5, 0.6) is 17.4 Å². The van der Waals surface area contributed by atoms with Gasteiger partial charge in [-0.2, -0.15) is 0 Å².